The molecule has 0 aliphatic heterocycles. The molecule has 0 spiro atoms. The van der Waals surface area contributed by atoms with E-state index in [2.05, 4.69) is 59.2 Å². The Kier molecular flexibility index (Phi) is 6.62. The van der Waals surface area contributed by atoms with Gasteiger partial charge in [0.25, 0.3) is 0 Å². The molecule has 4 heterocycles. The highest BCUT2D eigenvalue weighted by molar-refractivity contribution is 7.21. The van der Waals surface area contributed by atoms with E-state index in [4.69, 9.17) is 9.97 Å². The summed E-state index contributed by atoms with van der Waals surface area (Å²) < 4.78 is 1.05. The monoisotopic (exact) mass is 447 g/mol. The molecule has 1 N–H and O–H groups in total. The lowest BCUT2D eigenvalue weighted by molar-refractivity contribution is 0.361. The lowest BCUT2D eigenvalue weighted by Crippen LogP contribution is -2.39. The Bertz CT molecular complexity index is 1200. The minimum absolute atomic E-state index is 0.396. The average Bonchev–Trinajstić information content (AvgIpc) is 3.20. The van der Waals surface area contributed by atoms with Gasteiger partial charge in [0.15, 0.2) is 0 Å². The van der Waals surface area contributed by atoms with E-state index in [9.17, 15) is 0 Å². The van der Waals surface area contributed by atoms with Crippen LogP contribution in [0.15, 0.2) is 48.8 Å². The normalized spacial score (nSPS) is 12.3. The van der Waals surface area contributed by atoms with Gasteiger partial charge in [0.05, 0.1) is 10.2 Å². The molecule has 7 nitrogen and oxygen atoms in total. The van der Waals surface area contributed by atoms with Crippen molar-refractivity contribution in [1.82, 2.24) is 24.8 Å². The van der Waals surface area contributed by atoms with E-state index in [1.807, 2.05) is 49.6 Å². The average molecular weight is 448 g/mol. The van der Waals surface area contributed by atoms with E-state index >= 15 is 0 Å². The summed E-state index contributed by atoms with van der Waals surface area (Å²) in [6.07, 6.45) is 4.74. The first kappa shape index (κ1) is 22.1. The van der Waals surface area contributed by atoms with Gasteiger partial charge in [-0.05, 0) is 51.7 Å². The largest absolute Gasteiger partial charge is 0.355 e. The lowest BCUT2D eigenvalue weighted by atomic mass is 10.2. The van der Waals surface area contributed by atoms with Crippen LogP contribution >= 0.6 is 11.3 Å². The van der Waals surface area contributed by atoms with Crippen molar-refractivity contribution in [2.24, 2.45) is 0 Å². The Balaban J connectivity index is 1.55. The molecule has 1 atom stereocenters. The second-order valence-electron chi connectivity index (χ2n) is 8.18. The summed E-state index contributed by atoms with van der Waals surface area (Å²) in [5, 5.41) is 4.31. The van der Waals surface area contributed by atoms with Gasteiger partial charge in [-0.1, -0.05) is 13.0 Å². The van der Waals surface area contributed by atoms with E-state index in [1.165, 1.54) is 0 Å². The maximum Gasteiger partial charge on any atom is 0.133 e. The van der Waals surface area contributed by atoms with Crippen molar-refractivity contribution < 1.29 is 0 Å². The zero-order chi connectivity index (χ0) is 22.7. The van der Waals surface area contributed by atoms with Gasteiger partial charge < -0.3 is 15.1 Å². The van der Waals surface area contributed by atoms with Crippen LogP contribution in [0.3, 0.4) is 0 Å². The molecule has 0 aliphatic carbocycles. The SMILES string of the molecule is CCC(CN(C)C)N(C)c1cccc(Nc2cc3nc(-c4ccnc(C)c4)sc3cn2)n1. The highest BCUT2D eigenvalue weighted by Gasteiger charge is 2.16. The lowest BCUT2D eigenvalue weighted by Gasteiger charge is -2.30. The zero-order valence-corrected chi connectivity index (χ0v) is 20.0. The minimum Gasteiger partial charge on any atom is -0.355 e. The number of rotatable bonds is 8. The Morgan fingerprint density at radius 2 is 1.88 bits per heavy atom. The van der Waals surface area contributed by atoms with Gasteiger partial charge in [0.1, 0.15) is 22.5 Å². The highest BCUT2D eigenvalue weighted by Crippen LogP contribution is 2.31. The van der Waals surface area contributed by atoms with Gasteiger partial charge in [-0.15, -0.1) is 11.3 Å². The molecule has 4 rings (SSSR count). The number of fused-ring (bicyclic) bond motifs is 1. The van der Waals surface area contributed by atoms with Crippen molar-refractivity contribution >= 4 is 39.0 Å². The van der Waals surface area contributed by atoms with Crippen molar-refractivity contribution in [2.75, 3.05) is 37.9 Å². The number of nitrogens with zero attached hydrogens (tertiary/aromatic N) is 6. The van der Waals surface area contributed by atoms with Gasteiger partial charge in [-0.25, -0.2) is 15.0 Å². The Morgan fingerprint density at radius 3 is 2.62 bits per heavy atom. The first-order valence-electron chi connectivity index (χ1n) is 10.7. The van der Waals surface area contributed by atoms with Crippen LogP contribution in [-0.4, -0.2) is 58.6 Å². The molecule has 0 saturated carbocycles. The van der Waals surface area contributed by atoms with Crippen LogP contribution in [0.5, 0.6) is 0 Å². The molecule has 4 aromatic heterocycles. The second-order valence-corrected chi connectivity index (χ2v) is 9.21. The summed E-state index contributed by atoms with van der Waals surface area (Å²) in [5.74, 6) is 2.43. The summed E-state index contributed by atoms with van der Waals surface area (Å²) in [4.78, 5) is 22.9. The van der Waals surface area contributed by atoms with Gasteiger partial charge in [-0.2, -0.15) is 0 Å². The third-order valence-corrected chi connectivity index (χ3v) is 6.42. The number of aryl methyl sites for hydroxylation is 1. The van der Waals surface area contributed by atoms with Gasteiger partial charge >= 0.3 is 0 Å². The molecular weight excluding hydrogens is 418 g/mol. The minimum atomic E-state index is 0.396. The second kappa shape index (κ2) is 9.58. The van der Waals surface area contributed by atoms with Crippen molar-refractivity contribution in [3.63, 3.8) is 0 Å². The fourth-order valence-corrected chi connectivity index (χ4v) is 4.57. The van der Waals surface area contributed by atoms with Crippen molar-refractivity contribution in [3.05, 3.63) is 54.5 Å². The molecular formula is C24H29N7S. The van der Waals surface area contributed by atoms with Gasteiger partial charge in [-0.3, -0.25) is 4.98 Å². The molecule has 0 radical (unpaired) electrons. The summed E-state index contributed by atoms with van der Waals surface area (Å²) in [7, 11) is 6.30. The van der Waals surface area contributed by atoms with E-state index in [1.54, 1.807) is 11.3 Å². The molecule has 0 bridgehead atoms. The smallest absolute Gasteiger partial charge is 0.133 e. The molecule has 8 heteroatoms. The van der Waals surface area contributed by atoms with E-state index in [-0.39, 0.29) is 0 Å². The highest BCUT2D eigenvalue weighted by atomic mass is 32.1. The molecule has 166 valence electrons. The third-order valence-electron chi connectivity index (χ3n) is 5.37. The third kappa shape index (κ3) is 5.03. The topological polar surface area (TPSA) is 70.1 Å². The van der Waals surface area contributed by atoms with Crippen LogP contribution in [-0.2, 0) is 0 Å². The van der Waals surface area contributed by atoms with Crippen LogP contribution in [0.1, 0.15) is 19.0 Å². The zero-order valence-electron chi connectivity index (χ0n) is 19.2. The quantitative estimate of drug-likeness (QED) is 0.409. The van der Waals surface area contributed by atoms with E-state index < -0.39 is 0 Å². The maximum atomic E-state index is 4.82. The molecule has 0 amide bonds. The van der Waals surface area contributed by atoms with E-state index in [0.29, 0.717) is 6.04 Å². The van der Waals surface area contributed by atoms with Gasteiger partial charge in [0.2, 0.25) is 0 Å². The van der Waals surface area contributed by atoms with Crippen LogP contribution in [0.25, 0.3) is 20.8 Å². The number of aromatic nitrogens is 4. The molecule has 1 unspecified atom stereocenters. The number of anilines is 3. The van der Waals surface area contributed by atoms with Crippen LogP contribution in [0, 0.1) is 6.92 Å². The molecule has 0 saturated heterocycles. The van der Waals surface area contributed by atoms with Gasteiger partial charge in [0, 0.05) is 49.4 Å². The number of likely N-dealkylation sites (N-methyl/N-ethyl adjacent to an activating group) is 2. The number of hydrogen-bond acceptors (Lipinski definition) is 8. The predicted molar refractivity (Wildman–Crippen MR) is 134 cm³/mol. The van der Waals surface area contributed by atoms with Crippen LogP contribution < -0.4 is 10.2 Å². The molecule has 32 heavy (non-hydrogen) atoms. The Morgan fingerprint density at radius 1 is 1.03 bits per heavy atom. The maximum absolute atomic E-state index is 4.82. The van der Waals surface area contributed by atoms with E-state index in [0.717, 1.165) is 56.9 Å². The summed E-state index contributed by atoms with van der Waals surface area (Å²) in [6.45, 7) is 5.18. The fourth-order valence-electron chi connectivity index (χ4n) is 3.66. The first-order valence-corrected chi connectivity index (χ1v) is 11.6. The number of nitrogens with one attached hydrogen (secondary N) is 1. The van der Waals surface area contributed by atoms with Crippen molar-refractivity contribution in [3.8, 4) is 10.6 Å². The standard InChI is InChI=1S/C24H29N7S/c1-6-18(15-30(3)4)31(5)23-9-7-8-21(29-23)28-22-13-19-20(14-26-22)32-24(27-19)17-10-11-25-16(2)12-17/h7-14,18H,6,15H2,1-5H3,(H,26,28,29). The number of pyridine rings is 3. The molecule has 4 aromatic rings. The Hall–Kier alpha value is -3.10. The summed E-state index contributed by atoms with van der Waals surface area (Å²) >= 11 is 1.64. The van der Waals surface area contributed by atoms with Crippen LogP contribution in [0.4, 0.5) is 17.5 Å². The summed E-state index contributed by atoms with van der Waals surface area (Å²) in [6, 6.07) is 12.4. The van der Waals surface area contributed by atoms with Crippen LogP contribution in [0.2, 0.25) is 0 Å². The Labute approximate surface area is 193 Å². The van der Waals surface area contributed by atoms with Crippen molar-refractivity contribution in [2.45, 2.75) is 26.3 Å². The van der Waals surface area contributed by atoms with Crippen molar-refractivity contribution in [1.29, 1.82) is 0 Å². The number of hydrogen-bond donors (Lipinski definition) is 1. The number of thiazole rings is 1. The molecule has 0 aromatic carbocycles. The fraction of sp³-hybridized carbons (Fsp3) is 0.333. The summed E-state index contributed by atoms with van der Waals surface area (Å²) in [5.41, 5.74) is 2.98. The molecule has 0 aliphatic rings. The molecule has 0 fully saturated rings. The predicted octanol–water partition coefficient (Wildman–Crippen LogP) is 4.98. The first-order chi connectivity index (χ1) is 15.4.